The second-order valence-corrected chi connectivity index (χ2v) is 5.64. The molecule has 2 rings (SSSR count). The van der Waals surface area contributed by atoms with Crippen LogP contribution in [-0.4, -0.2) is 17.0 Å². The molecule has 2 aromatic carbocycles. The van der Waals surface area contributed by atoms with Gasteiger partial charge >= 0.3 is 5.97 Å². The van der Waals surface area contributed by atoms with Gasteiger partial charge in [0.05, 0.1) is 16.1 Å². The summed E-state index contributed by atoms with van der Waals surface area (Å²) in [7, 11) is 0. The predicted octanol–water partition coefficient (Wildman–Crippen LogP) is 3.73. The van der Waals surface area contributed by atoms with Crippen LogP contribution in [-0.2, 0) is 6.54 Å². The van der Waals surface area contributed by atoms with Gasteiger partial charge in [-0.2, -0.15) is 0 Å². The summed E-state index contributed by atoms with van der Waals surface area (Å²) in [5.41, 5.74) is 1.25. The summed E-state index contributed by atoms with van der Waals surface area (Å²) in [4.78, 5) is 23.0. The summed E-state index contributed by atoms with van der Waals surface area (Å²) in [6.45, 7) is 0.225. The third kappa shape index (κ3) is 4.06. The Morgan fingerprint density at radius 1 is 1.19 bits per heavy atom. The van der Waals surface area contributed by atoms with E-state index in [2.05, 4.69) is 21.2 Å². The summed E-state index contributed by atoms with van der Waals surface area (Å²) >= 11 is 9.26. The number of halogens is 2. The number of carboxylic acids is 1. The van der Waals surface area contributed by atoms with Crippen LogP contribution >= 0.6 is 27.5 Å². The Morgan fingerprint density at radius 2 is 1.95 bits per heavy atom. The molecule has 0 saturated carbocycles. The van der Waals surface area contributed by atoms with Crippen LogP contribution in [0.5, 0.6) is 0 Å². The maximum atomic E-state index is 12.1. The molecule has 1 amide bonds. The van der Waals surface area contributed by atoms with Gasteiger partial charge in [-0.05, 0) is 35.9 Å². The van der Waals surface area contributed by atoms with Gasteiger partial charge in [-0.3, -0.25) is 4.79 Å². The van der Waals surface area contributed by atoms with E-state index in [9.17, 15) is 9.59 Å². The van der Waals surface area contributed by atoms with E-state index in [1.165, 1.54) is 12.1 Å². The average molecular weight is 369 g/mol. The van der Waals surface area contributed by atoms with Gasteiger partial charge in [0.25, 0.3) is 5.91 Å². The van der Waals surface area contributed by atoms with Gasteiger partial charge < -0.3 is 10.4 Å². The number of carbonyl (C=O) groups is 2. The Bertz CT molecular complexity index is 703. The number of nitrogens with one attached hydrogen (secondary N) is 1. The van der Waals surface area contributed by atoms with E-state index >= 15 is 0 Å². The van der Waals surface area contributed by atoms with Crippen molar-refractivity contribution in [2.45, 2.75) is 6.54 Å². The van der Waals surface area contributed by atoms with Crippen molar-refractivity contribution in [3.05, 3.63) is 68.7 Å². The van der Waals surface area contributed by atoms with E-state index in [1.807, 2.05) is 0 Å². The largest absolute Gasteiger partial charge is 0.478 e. The highest BCUT2D eigenvalue weighted by atomic mass is 79.9. The van der Waals surface area contributed by atoms with Gasteiger partial charge in [-0.1, -0.05) is 39.7 Å². The normalized spacial score (nSPS) is 10.2. The molecule has 4 nitrogen and oxygen atoms in total. The monoisotopic (exact) mass is 367 g/mol. The van der Waals surface area contributed by atoms with Crippen LogP contribution in [0, 0.1) is 0 Å². The number of carboxylic acid groups (broad SMARTS) is 1. The van der Waals surface area contributed by atoms with Crippen LogP contribution in [0.3, 0.4) is 0 Å². The lowest BCUT2D eigenvalue weighted by atomic mass is 10.1. The highest BCUT2D eigenvalue weighted by Gasteiger charge is 2.11. The van der Waals surface area contributed by atoms with Crippen LogP contribution in [0.2, 0.25) is 5.02 Å². The van der Waals surface area contributed by atoms with Gasteiger partial charge in [0.1, 0.15) is 0 Å². The topological polar surface area (TPSA) is 66.4 Å². The minimum atomic E-state index is -1.00. The number of benzene rings is 2. The quantitative estimate of drug-likeness (QED) is 0.864. The molecule has 0 bridgehead atoms. The van der Waals surface area contributed by atoms with Crippen LogP contribution in [0.25, 0.3) is 0 Å². The summed E-state index contributed by atoms with van der Waals surface area (Å²) in [6.07, 6.45) is 0. The highest BCUT2D eigenvalue weighted by Crippen LogP contribution is 2.21. The Kier molecular flexibility index (Phi) is 4.98. The Balaban J connectivity index is 2.09. The SMILES string of the molecule is O=C(O)c1cccc(CNC(=O)c2cc(Br)ccc2Cl)c1. The molecule has 0 aliphatic heterocycles. The Hall–Kier alpha value is -1.85. The lowest BCUT2D eigenvalue weighted by molar-refractivity contribution is 0.0696. The van der Waals surface area contributed by atoms with Crippen molar-refractivity contribution in [2.75, 3.05) is 0 Å². The van der Waals surface area contributed by atoms with Crippen molar-refractivity contribution in [3.8, 4) is 0 Å². The van der Waals surface area contributed by atoms with Gasteiger partial charge in [0.2, 0.25) is 0 Å². The molecule has 2 N–H and O–H groups in total. The summed E-state index contributed by atoms with van der Waals surface area (Å²) < 4.78 is 0.755. The first-order chi connectivity index (χ1) is 9.97. The molecule has 21 heavy (non-hydrogen) atoms. The van der Waals surface area contributed by atoms with Crippen LogP contribution < -0.4 is 5.32 Å². The first kappa shape index (κ1) is 15.5. The molecule has 0 radical (unpaired) electrons. The fourth-order valence-electron chi connectivity index (χ4n) is 1.76. The molecular formula is C15H11BrClNO3. The standard InChI is InChI=1S/C15H11BrClNO3/c16-11-4-5-13(17)12(7-11)14(19)18-8-9-2-1-3-10(6-9)15(20)21/h1-7H,8H2,(H,18,19)(H,20,21). The molecule has 0 aliphatic rings. The van der Waals surface area contributed by atoms with Crippen molar-refractivity contribution in [3.63, 3.8) is 0 Å². The molecular weight excluding hydrogens is 358 g/mol. The molecule has 0 atom stereocenters. The minimum absolute atomic E-state index is 0.183. The maximum absolute atomic E-state index is 12.1. The van der Waals surface area contributed by atoms with E-state index in [0.29, 0.717) is 16.1 Å². The van der Waals surface area contributed by atoms with E-state index in [0.717, 1.165) is 4.47 Å². The van der Waals surface area contributed by atoms with Gasteiger partial charge in [-0.15, -0.1) is 0 Å². The summed E-state index contributed by atoms with van der Waals surface area (Å²) in [5.74, 6) is -1.32. The second kappa shape index (κ2) is 6.74. The third-order valence-corrected chi connectivity index (χ3v) is 3.62. The Morgan fingerprint density at radius 3 is 2.67 bits per heavy atom. The van der Waals surface area contributed by atoms with E-state index in [1.54, 1.807) is 30.3 Å². The number of aromatic carboxylic acids is 1. The zero-order chi connectivity index (χ0) is 15.4. The Labute approximate surface area is 134 Å². The van der Waals surface area contributed by atoms with E-state index in [-0.39, 0.29) is 18.0 Å². The molecule has 0 spiro atoms. The van der Waals surface area contributed by atoms with Gasteiger partial charge in [0.15, 0.2) is 0 Å². The molecule has 108 valence electrons. The molecule has 0 aliphatic carbocycles. The average Bonchev–Trinajstić information content (AvgIpc) is 2.47. The van der Waals surface area contributed by atoms with Gasteiger partial charge in [-0.25, -0.2) is 4.79 Å². The fraction of sp³-hybridized carbons (Fsp3) is 0.0667. The number of hydrogen-bond donors (Lipinski definition) is 2. The van der Waals surface area contributed by atoms with Crippen LogP contribution in [0.1, 0.15) is 26.3 Å². The smallest absolute Gasteiger partial charge is 0.335 e. The molecule has 0 aromatic heterocycles. The van der Waals surface area contributed by atoms with Crippen molar-refractivity contribution in [1.82, 2.24) is 5.32 Å². The maximum Gasteiger partial charge on any atom is 0.335 e. The fourth-order valence-corrected chi connectivity index (χ4v) is 2.33. The molecule has 0 heterocycles. The number of rotatable bonds is 4. The first-order valence-corrected chi connectivity index (χ1v) is 7.20. The molecule has 0 fully saturated rings. The van der Waals surface area contributed by atoms with Crippen molar-refractivity contribution >= 4 is 39.4 Å². The molecule has 0 unspecified atom stereocenters. The van der Waals surface area contributed by atoms with Crippen LogP contribution in [0.15, 0.2) is 46.9 Å². The number of carbonyl (C=O) groups excluding carboxylic acids is 1. The summed E-state index contributed by atoms with van der Waals surface area (Å²) in [6, 6.07) is 11.4. The third-order valence-electron chi connectivity index (χ3n) is 2.80. The number of amides is 1. The number of hydrogen-bond acceptors (Lipinski definition) is 2. The van der Waals surface area contributed by atoms with E-state index in [4.69, 9.17) is 16.7 Å². The predicted molar refractivity (Wildman–Crippen MR) is 83.7 cm³/mol. The lowest BCUT2D eigenvalue weighted by Gasteiger charge is -2.08. The first-order valence-electron chi connectivity index (χ1n) is 6.03. The lowest BCUT2D eigenvalue weighted by Crippen LogP contribution is -2.23. The molecule has 0 saturated heterocycles. The van der Waals surface area contributed by atoms with Crippen molar-refractivity contribution in [2.24, 2.45) is 0 Å². The zero-order valence-electron chi connectivity index (χ0n) is 10.8. The summed E-state index contributed by atoms with van der Waals surface area (Å²) in [5, 5.41) is 12.0. The van der Waals surface area contributed by atoms with E-state index < -0.39 is 5.97 Å². The van der Waals surface area contributed by atoms with Crippen molar-refractivity contribution in [1.29, 1.82) is 0 Å². The van der Waals surface area contributed by atoms with Crippen molar-refractivity contribution < 1.29 is 14.7 Å². The zero-order valence-corrected chi connectivity index (χ0v) is 13.1. The minimum Gasteiger partial charge on any atom is -0.478 e. The molecule has 2 aromatic rings. The second-order valence-electron chi connectivity index (χ2n) is 4.31. The van der Waals surface area contributed by atoms with Crippen LogP contribution in [0.4, 0.5) is 0 Å². The van der Waals surface area contributed by atoms with Gasteiger partial charge in [0, 0.05) is 11.0 Å². The molecule has 6 heteroatoms. The highest BCUT2D eigenvalue weighted by molar-refractivity contribution is 9.10.